The molecule has 0 radical (unpaired) electrons. The van der Waals surface area contributed by atoms with Gasteiger partial charge in [0.15, 0.2) is 0 Å². The van der Waals surface area contributed by atoms with E-state index in [2.05, 4.69) is 54.7 Å². The van der Waals surface area contributed by atoms with E-state index in [1.807, 2.05) is 18.2 Å². The van der Waals surface area contributed by atoms with Crippen LogP contribution in [0.3, 0.4) is 0 Å². The Balaban J connectivity index is 2.69. The Hall–Kier alpha value is -0.800. The summed E-state index contributed by atoms with van der Waals surface area (Å²) in [6.07, 6.45) is 3.91. The van der Waals surface area contributed by atoms with Crippen LogP contribution in [-0.4, -0.2) is 12.1 Å². The predicted molar refractivity (Wildman–Crippen MR) is 85.7 cm³/mol. The largest absolute Gasteiger partial charge is 0.492 e. The van der Waals surface area contributed by atoms with Gasteiger partial charge >= 0.3 is 0 Å². The van der Waals surface area contributed by atoms with E-state index in [0.29, 0.717) is 0 Å². The minimum atomic E-state index is 0.0996. The maximum Gasteiger partial charge on any atom is 0.137 e. The van der Waals surface area contributed by atoms with Crippen LogP contribution in [0.15, 0.2) is 35.3 Å². The number of benzene rings is 1. The van der Waals surface area contributed by atoms with Gasteiger partial charge in [0.05, 0.1) is 11.1 Å². The molecule has 0 spiro atoms. The first-order valence-corrected chi connectivity index (χ1v) is 7.49. The van der Waals surface area contributed by atoms with Crippen LogP contribution in [-0.2, 0) is 6.54 Å². The highest BCUT2D eigenvalue weighted by atomic mass is 79.9. The topological polar surface area (TPSA) is 21.3 Å². The van der Waals surface area contributed by atoms with E-state index in [-0.39, 0.29) is 5.54 Å². The highest BCUT2D eigenvalue weighted by molar-refractivity contribution is 9.10. The number of hydrogen-bond acceptors (Lipinski definition) is 2. The number of rotatable bonds is 7. The molecule has 19 heavy (non-hydrogen) atoms. The van der Waals surface area contributed by atoms with Crippen LogP contribution in [0.4, 0.5) is 0 Å². The molecule has 3 heteroatoms. The fourth-order valence-corrected chi connectivity index (χ4v) is 2.14. The van der Waals surface area contributed by atoms with Crippen molar-refractivity contribution in [1.29, 1.82) is 0 Å². The molecule has 0 aromatic heterocycles. The summed E-state index contributed by atoms with van der Waals surface area (Å²) in [7, 11) is 0. The van der Waals surface area contributed by atoms with Gasteiger partial charge in [-0.15, -0.1) is 6.58 Å². The number of allylic oxidation sites excluding steroid dienone is 1. The van der Waals surface area contributed by atoms with Gasteiger partial charge in [0.2, 0.25) is 0 Å². The average molecular weight is 326 g/mol. The molecule has 1 N–H and O–H groups in total. The fourth-order valence-electron chi connectivity index (χ4n) is 1.62. The normalized spacial score (nSPS) is 11.4. The minimum Gasteiger partial charge on any atom is -0.492 e. The van der Waals surface area contributed by atoms with Crippen molar-refractivity contribution in [3.05, 3.63) is 40.9 Å². The molecule has 0 unspecified atom stereocenters. The summed E-state index contributed by atoms with van der Waals surface area (Å²) in [5.41, 5.74) is 1.28. The molecule has 0 fully saturated rings. The first kappa shape index (κ1) is 16.3. The van der Waals surface area contributed by atoms with Gasteiger partial charge < -0.3 is 10.1 Å². The van der Waals surface area contributed by atoms with Crippen molar-refractivity contribution in [2.75, 3.05) is 6.61 Å². The smallest absolute Gasteiger partial charge is 0.137 e. The third kappa shape index (κ3) is 6.26. The second-order valence-electron chi connectivity index (χ2n) is 5.61. The van der Waals surface area contributed by atoms with Crippen molar-refractivity contribution in [2.24, 2.45) is 0 Å². The summed E-state index contributed by atoms with van der Waals surface area (Å²) in [4.78, 5) is 0. The molecule has 0 heterocycles. The highest BCUT2D eigenvalue weighted by Crippen LogP contribution is 2.29. The van der Waals surface area contributed by atoms with E-state index < -0.39 is 0 Å². The molecule has 0 aliphatic rings. The summed E-state index contributed by atoms with van der Waals surface area (Å²) in [6.45, 7) is 11.7. The van der Waals surface area contributed by atoms with Crippen LogP contribution in [0.2, 0.25) is 0 Å². The Morgan fingerprint density at radius 3 is 2.74 bits per heavy atom. The summed E-state index contributed by atoms with van der Waals surface area (Å²) in [5.74, 6) is 0.948. The van der Waals surface area contributed by atoms with Crippen molar-refractivity contribution in [3.63, 3.8) is 0 Å². The molecule has 1 aromatic rings. The molecule has 0 aliphatic carbocycles. The van der Waals surface area contributed by atoms with Gasteiger partial charge in [-0.25, -0.2) is 0 Å². The molecule has 0 saturated carbocycles. The molecule has 0 amide bonds. The second-order valence-corrected chi connectivity index (χ2v) is 6.47. The van der Waals surface area contributed by atoms with E-state index in [0.717, 1.165) is 36.2 Å². The van der Waals surface area contributed by atoms with E-state index >= 15 is 0 Å². The van der Waals surface area contributed by atoms with Crippen LogP contribution in [0, 0.1) is 0 Å². The molecule has 106 valence electrons. The average Bonchev–Trinajstić information content (AvgIpc) is 2.33. The summed E-state index contributed by atoms with van der Waals surface area (Å²) in [6, 6.07) is 6.16. The quantitative estimate of drug-likeness (QED) is 0.580. The lowest BCUT2D eigenvalue weighted by Gasteiger charge is -2.22. The monoisotopic (exact) mass is 325 g/mol. The molecule has 1 rings (SSSR count). The zero-order valence-electron chi connectivity index (χ0n) is 12.1. The fraction of sp³-hybridized carbons (Fsp3) is 0.500. The van der Waals surface area contributed by atoms with Crippen molar-refractivity contribution < 1.29 is 4.74 Å². The maximum absolute atomic E-state index is 5.90. The van der Waals surface area contributed by atoms with E-state index in [9.17, 15) is 0 Å². The Morgan fingerprint density at radius 2 is 2.11 bits per heavy atom. The van der Waals surface area contributed by atoms with Gasteiger partial charge in [0.1, 0.15) is 5.75 Å². The maximum atomic E-state index is 5.90. The molecule has 0 bridgehead atoms. The number of nitrogens with one attached hydrogen (secondary N) is 1. The van der Waals surface area contributed by atoms with Crippen molar-refractivity contribution in [1.82, 2.24) is 5.32 Å². The van der Waals surface area contributed by atoms with Gasteiger partial charge in [-0.2, -0.15) is 0 Å². The molecule has 0 atom stereocenters. The van der Waals surface area contributed by atoms with Crippen LogP contribution in [0.5, 0.6) is 5.75 Å². The third-order valence-electron chi connectivity index (χ3n) is 2.66. The minimum absolute atomic E-state index is 0.0996. The Labute approximate surface area is 125 Å². The number of para-hydroxylation sites is 1. The molecular formula is C16H24BrNO. The summed E-state index contributed by atoms with van der Waals surface area (Å²) in [5, 5.41) is 3.49. The van der Waals surface area contributed by atoms with Gasteiger partial charge in [-0.05, 0) is 55.6 Å². The van der Waals surface area contributed by atoms with Crippen LogP contribution in [0.1, 0.15) is 39.2 Å². The first-order valence-electron chi connectivity index (χ1n) is 6.70. The zero-order valence-corrected chi connectivity index (χ0v) is 13.7. The van der Waals surface area contributed by atoms with Crippen molar-refractivity contribution in [3.8, 4) is 5.75 Å². The highest BCUT2D eigenvalue weighted by Gasteiger charge is 2.12. The molecule has 0 saturated heterocycles. The van der Waals surface area contributed by atoms with E-state index in [1.54, 1.807) is 0 Å². The van der Waals surface area contributed by atoms with Crippen molar-refractivity contribution >= 4 is 15.9 Å². The third-order valence-corrected chi connectivity index (χ3v) is 3.28. The van der Waals surface area contributed by atoms with Crippen LogP contribution < -0.4 is 10.1 Å². The lowest BCUT2D eigenvalue weighted by atomic mass is 10.1. The van der Waals surface area contributed by atoms with Gasteiger partial charge in [0, 0.05) is 17.6 Å². The lowest BCUT2D eigenvalue weighted by Crippen LogP contribution is -2.35. The van der Waals surface area contributed by atoms with Crippen LogP contribution in [0.25, 0.3) is 0 Å². The zero-order chi connectivity index (χ0) is 14.3. The molecule has 1 aromatic carbocycles. The Bertz CT molecular complexity index is 410. The van der Waals surface area contributed by atoms with E-state index in [1.165, 1.54) is 5.56 Å². The Kier molecular flexibility index (Phi) is 6.59. The first-order chi connectivity index (χ1) is 8.94. The molecular weight excluding hydrogens is 302 g/mol. The summed E-state index contributed by atoms with van der Waals surface area (Å²) < 4.78 is 6.91. The molecule has 2 nitrogen and oxygen atoms in total. The molecule has 0 aliphatic heterocycles. The Morgan fingerprint density at radius 1 is 1.37 bits per heavy atom. The van der Waals surface area contributed by atoms with E-state index in [4.69, 9.17) is 4.74 Å². The number of unbranched alkanes of at least 4 members (excludes halogenated alkanes) is 1. The number of ether oxygens (including phenoxy) is 1. The van der Waals surface area contributed by atoms with Crippen LogP contribution >= 0.6 is 15.9 Å². The van der Waals surface area contributed by atoms with Gasteiger partial charge in [-0.1, -0.05) is 18.2 Å². The number of hydrogen-bond donors (Lipinski definition) is 1. The van der Waals surface area contributed by atoms with Crippen molar-refractivity contribution in [2.45, 2.75) is 45.7 Å². The standard InChI is InChI=1S/C16H24BrNO/c1-5-6-7-11-19-15-13(9-8-10-14(15)17)12-18-16(2,3)4/h5,8-10,18H,1,6-7,11-12H2,2-4H3. The number of halogens is 1. The summed E-state index contributed by atoms with van der Waals surface area (Å²) >= 11 is 3.56. The second kappa shape index (κ2) is 7.71. The van der Waals surface area contributed by atoms with Gasteiger partial charge in [0.25, 0.3) is 0 Å². The predicted octanol–water partition coefficient (Wildman–Crippen LogP) is 4.68. The SMILES string of the molecule is C=CCCCOc1c(Br)cccc1CNC(C)(C)C. The lowest BCUT2D eigenvalue weighted by molar-refractivity contribution is 0.304. The van der Waals surface area contributed by atoms with Gasteiger partial charge in [-0.3, -0.25) is 0 Å².